The zero-order chi connectivity index (χ0) is 15.0. The molecule has 0 heterocycles. The molecule has 0 radical (unpaired) electrons. The zero-order valence-corrected chi connectivity index (χ0v) is 15.7. The molecule has 0 fully saturated rings. The van der Waals surface area contributed by atoms with Crippen molar-refractivity contribution >= 4 is 85.5 Å². The van der Waals surface area contributed by atoms with E-state index in [1.54, 1.807) is 12.1 Å². The molecule has 0 aliphatic heterocycles. The van der Waals surface area contributed by atoms with Gasteiger partial charge in [-0.25, -0.2) is 0 Å². The van der Waals surface area contributed by atoms with Crippen LogP contribution in [0.25, 0.3) is 11.1 Å². The van der Waals surface area contributed by atoms with Gasteiger partial charge < -0.3 is 0 Å². The second-order valence-electron chi connectivity index (χ2n) is 3.88. The van der Waals surface area contributed by atoms with Crippen molar-refractivity contribution in [2.75, 3.05) is 0 Å². The Hall–Kier alpha value is 0.660. The van der Waals surface area contributed by atoms with Gasteiger partial charge in [0.1, 0.15) is 0 Å². The van der Waals surface area contributed by atoms with Crippen molar-refractivity contribution in [1.82, 2.24) is 0 Å². The molecule has 0 saturated carbocycles. The van der Waals surface area contributed by atoms with Crippen LogP contribution >= 0.6 is 85.5 Å². The first-order chi connectivity index (χ1) is 9.38. The maximum atomic E-state index is 6.24. The van der Waals surface area contributed by atoms with Crippen molar-refractivity contribution in [1.29, 1.82) is 0 Å². The molecule has 0 aliphatic carbocycles. The molecular formula is C13H5BrCl6. The minimum absolute atomic E-state index is 0.141. The first kappa shape index (κ1) is 17.0. The van der Waals surface area contributed by atoms with Crippen LogP contribution in [0.1, 0.15) is 5.56 Å². The molecule has 0 bridgehead atoms. The Morgan fingerprint density at radius 2 is 1.25 bits per heavy atom. The molecule has 0 nitrogen and oxygen atoms in total. The largest absolute Gasteiger partial charge is 0.0876 e. The van der Waals surface area contributed by atoms with E-state index in [4.69, 9.17) is 69.6 Å². The summed E-state index contributed by atoms with van der Waals surface area (Å²) in [6.45, 7) is 0. The molecule has 20 heavy (non-hydrogen) atoms. The monoisotopic (exact) mass is 450 g/mol. The maximum absolute atomic E-state index is 6.24. The smallest absolute Gasteiger partial charge is 0.0809 e. The fourth-order valence-corrected chi connectivity index (χ4v) is 3.86. The number of alkyl halides is 1. The van der Waals surface area contributed by atoms with Crippen molar-refractivity contribution in [3.63, 3.8) is 0 Å². The topological polar surface area (TPSA) is 0 Å². The lowest BCUT2D eigenvalue weighted by Crippen LogP contribution is -1.89. The van der Waals surface area contributed by atoms with Gasteiger partial charge in [-0.05, 0) is 23.3 Å². The van der Waals surface area contributed by atoms with Gasteiger partial charge in [-0.3, -0.25) is 0 Å². The highest BCUT2D eigenvalue weighted by Gasteiger charge is 2.20. The van der Waals surface area contributed by atoms with E-state index in [1.165, 1.54) is 0 Å². The van der Waals surface area contributed by atoms with Gasteiger partial charge in [0.05, 0.1) is 25.1 Å². The summed E-state index contributed by atoms with van der Waals surface area (Å²) in [6, 6.07) is 5.42. The molecule has 7 heteroatoms. The molecule has 2 rings (SSSR count). The Bertz CT molecular complexity index is 654. The summed E-state index contributed by atoms with van der Waals surface area (Å²) in [5, 5.41) is 2.25. The lowest BCUT2D eigenvalue weighted by molar-refractivity contribution is 1.43. The van der Waals surface area contributed by atoms with Crippen molar-refractivity contribution in [3.05, 3.63) is 53.9 Å². The van der Waals surface area contributed by atoms with Crippen molar-refractivity contribution in [2.45, 2.75) is 5.33 Å². The maximum Gasteiger partial charge on any atom is 0.0809 e. The molecule has 0 aromatic heterocycles. The quantitative estimate of drug-likeness (QED) is 0.244. The van der Waals surface area contributed by atoms with Gasteiger partial charge in [0.2, 0.25) is 0 Å². The van der Waals surface area contributed by atoms with Gasteiger partial charge >= 0.3 is 0 Å². The normalized spacial score (nSPS) is 10.9. The van der Waals surface area contributed by atoms with Crippen LogP contribution < -0.4 is 0 Å². The molecule has 2 aromatic rings. The highest BCUT2D eigenvalue weighted by atomic mass is 79.9. The molecule has 0 N–H and O–H groups in total. The molecular weight excluding hydrogens is 449 g/mol. The van der Waals surface area contributed by atoms with Crippen LogP contribution in [0.2, 0.25) is 30.1 Å². The predicted octanol–water partition coefficient (Wildman–Crippen LogP) is 8.17. The lowest BCUT2D eigenvalue weighted by atomic mass is 10.0. The second-order valence-corrected chi connectivity index (χ2v) is 6.74. The van der Waals surface area contributed by atoms with Gasteiger partial charge in [-0.2, -0.15) is 0 Å². The van der Waals surface area contributed by atoms with Crippen LogP contribution in [0.3, 0.4) is 0 Å². The third-order valence-electron chi connectivity index (χ3n) is 2.69. The summed E-state index contributed by atoms with van der Waals surface area (Å²) < 4.78 is 0. The Kier molecular flexibility index (Phi) is 5.81. The van der Waals surface area contributed by atoms with Gasteiger partial charge in [0.25, 0.3) is 0 Å². The average molecular weight is 454 g/mol. The van der Waals surface area contributed by atoms with E-state index in [1.807, 2.05) is 6.07 Å². The van der Waals surface area contributed by atoms with Gasteiger partial charge in [0, 0.05) is 15.9 Å². The van der Waals surface area contributed by atoms with Gasteiger partial charge in [-0.15, -0.1) is 0 Å². The molecule has 0 amide bonds. The predicted molar refractivity (Wildman–Crippen MR) is 94.6 cm³/mol. The summed E-state index contributed by atoms with van der Waals surface area (Å²) in [5.74, 6) is 0. The van der Waals surface area contributed by atoms with E-state index in [-0.39, 0.29) is 25.1 Å². The van der Waals surface area contributed by atoms with Crippen LogP contribution in [0.15, 0.2) is 18.2 Å². The molecule has 0 saturated heterocycles. The number of rotatable bonds is 2. The van der Waals surface area contributed by atoms with E-state index in [9.17, 15) is 0 Å². The van der Waals surface area contributed by atoms with E-state index >= 15 is 0 Å². The molecule has 0 unspecified atom stereocenters. The van der Waals surface area contributed by atoms with Gasteiger partial charge in [0.15, 0.2) is 0 Å². The fourth-order valence-electron chi connectivity index (χ4n) is 1.69. The fraction of sp³-hybridized carbons (Fsp3) is 0.0769. The molecule has 106 valence electrons. The van der Waals surface area contributed by atoms with Gasteiger partial charge in [-0.1, -0.05) is 91.6 Å². The highest BCUT2D eigenvalue weighted by Crippen LogP contribution is 2.48. The highest BCUT2D eigenvalue weighted by molar-refractivity contribution is 9.08. The Balaban J connectivity index is 2.76. The Morgan fingerprint density at radius 3 is 1.75 bits per heavy atom. The summed E-state index contributed by atoms with van der Waals surface area (Å²) in [4.78, 5) is 0. The zero-order valence-electron chi connectivity index (χ0n) is 9.58. The first-order valence-corrected chi connectivity index (χ1v) is 8.63. The third kappa shape index (κ3) is 3.05. The number of hydrogen-bond donors (Lipinski definition) is 0. The van der Waals surface area contributed by atoms with Crippen molar-refractivity contribution in [2.24, 2.45) is 0 Å². The van der Waals surface area contributed by atoms with Crippen LogP contribution in [-0.4, -0.2) is 0 Å². The van der Waals surface area contributed by atoms with Crippen molar-refractivity contribution in [3.8, 4) is 11.1 Å². The summed E-state index contributed by atoms with van der Waals surface area (Å²) in [6.07, 6.45) is 0. The molecule has 0 spiro atoms. The van der Waals surface area contributed by atoms with E-state index < -0.39 is 0 Å². The minimum Gasteiger partial charge on any atom is -0.0876 e. The van der Waals surface area contributed by atoms with E-state index in [2.05, 4.69) is 15.9 Å². The van der Waals surface area contributed by atoms with Crippen LogP contribution in [0.4, 0.5) is 0 Å². The summed E-state index contributed by atoms with van der Waals surface area (Å²) in [5.41, 5.74) is 2.20. The van der Waals surface area contributed by atoms with Crippen molar-refractivity contribution < 1.29 is 0 Å². The first-order valence-electron chi connectivity index (χ1n) is 5.24. The second kappa shape index (κ2) is 6.83. The minimum atomic E-state index is 0.141. The number of benzene rings is 2. The molecule has 0 aliphatic rings. The number of halogens is 7. The van der Waals surface area contributed by atoms with Crippen LogP contribution in [-0.2, 0) is 5.33 Å². The summed E-state index contributed by atoms with van der Waals surface area (Å²) in [7, 11) is 0. The van der Waals surface area contributed by atoms with Crippen LogP contribution in [0, 0.1) is 0 Å². The standard InChI is InChI=1S/C13H5BrCl6/c14-4-6-3-5(1-2-7(6)15)8-9(16)11(18)13(20)12(19)10(8)17/h1-3H,4H2. The Morgan fingerprint density at radius 1 is 0.750 bits per heavy atom. The molecule has 0 atom stereocenters. The molecule has 2 aromatic carbocycles. The summed E-state index contributed by atoms with van der Waals surface area (Å²) >= 11 is 40.0. The number of hydrogen-bond acceptors (Lipinski definition) is 0. The van der Waals surface area contributed by atoms with Crippen LogP contribution in [0.5, 0.6) is 0 Å². The SMILES string of the molecule is Clc1ccc(-c2c(Cl)c(Cl)c(Cl)c(Cl)c2Cl)cc1CBr. The average Bonchev–Trinajstić information content (AvgIpc) is 2.45. The Labute approximate surface area is 155 Å². The third-order valence-corrected chi connectivity index (χ3v) is 5.94. The van der Waals surface area contributed by atoms with E-state index in [0.717, 1.165) is 11.1 Å². The van der Waals surface area contributed by atoms with E-state index in [0.29, 0.717) is 15.9 Å². The lowest BCUT2D eigenvalue weighted by Gasteiger charge is -2.13.